The highest BCUT2D eigenvalue weighted by atomic mass is 35.5. The molecule has 0 amide bonds. The van der Waals surface area contributed by atoms with E-state index in [0.29, 0.717) is 5.56 Å². The molecule has 0 saturated carbocycles. The maximum absolute atomic E-state index is 11.9. The number of hydrogen-bond acceptors (Lipinski definition) is 3. The van der Waals surface area contributed by atoms with Gasteiger partial charge in [0, 0.05) is 5.56 Å². The predicted molar refractivity (Wildman–Crippen MR) is 72.3 cm³/mol. The van der Waals surface area contributed by atoms with Crippen LogP contribution in [-0.2, 0) is 4.74 Å². The van der Waals surface area contributed by atoms with E-state index in [2.05, 4.69) is 0 Å². The average Bonchev–Trinajstić information content (AvgIpc) is 2.72. The third-order valence-corrected chi connectivity index (χ3v) is 3.72. The maximum Gasteiger partial charge on any atom is 0.339 e. The van der Waals surface area contributed by atoms with Crippen LogP contribution in [0.2, 0.25) is 5.02 Å². The van der Waals surface area contributed by atoms with Crippen molar-refractivity contribution in [2.45, 2.75) is 6.10 Å². The molecule has 4 heteroatoms. The summed E-state index contributed by atoms with van der Waals surface area (Å²) in [6.45, 7) is 0. The van der Waals surface area contributed by atoms with Crippen molar-refractivity contribution in [3.63, 3.8) is 0 Å². The summed E-state index contributed by atoms with van der Waals surface area (Å²) in [5, 5.41) is 10.7. The molecule has 2 aromatic carbocycles. The minimum Gasteiger partial charge on any atom is -0.465 e. The van der Waals surface area contributed by atoms with E-state index in [1.54, 1.807) is 6.07 Å². The van der Waals surface area contributed by atoms with Crippen LogP contribution in [0, 0.1) is 0 Å². The lowest BCUT2D eigenvalue weighted by atomic mass is 10.00. The first-order chi connectivity index (χ1) is 9.15. The largest absolute Gasteiger partial charge is 0.465 e. The van der Waals surface area contributed by atoms with Crippen molar-refractivity contribution in [1.29, 1.82) is 0 Å². The van der Waals surface area contributed by atoms with Crippen LogP contribution in [0.4, 0.5) is 0 Å². The van der Waals surface area contributed by atoms with Crippen LogP contribution in [-0.4, -0.2) is 18.2 Å². The number of carbonyl (C=O) groups excluding carboxylic acids is 1. The summed E-state index contributed by atoms with van der Waals surface area (Å²) in [5.74, 6) is -0.534. The van der Waals surface area contributed by atoms with Crippen LogP contribution in [0.25, 0.3) is 11.1 Å². The molecule has 0 saturated heterocycles. The van der Waals surface area contributed by atoms with Crippen LogP contribution in [0.5, 0.6) is 0 Å². The number of carbonyl (C=O) groups is 1. The molecular weight excluding hydrogens is 264 g/mol. The van der Waals surface area contributed by atoms with Crippen LogP contribution < -0.4 is 0 Å². The molecule has 0 fully saturated rings. The maximum atomic E-state index is 11.9. The molecule has 1 aliphatic rings. The molecule has 1 N–H and O–H groups in total. The van der Waals surface area contributed by atoms with Gasteiger partial charge < -0.3 is 9.84 Å². The van der Waals surface area contributed by atoms with Crippen LogP contribution in [0.3, 0.4) is 0 Å². The number of esters is 1. The number of aliphatic hydroxyl groups is 1. The zero-order valence-electron chi connectivity index (χ0n) is 10.2. The average molecular weight is 275 g/mol. The molecule has 0 bridgehead atoms. The van der Waals surface area contributed by atoms with Gasteiger partial charge in [0.15, 0.2) is 0 Å². The number of rotatable bonds is 1. The smallest absolute Gasteiger partial charge is 0.339 e. The summed E-state index contributed by atoms with van der Waals surface area (Å²) in [4.78, 5) is 11.9. The molecule has 3 nitrogen and oxygen atoms in total. The lowest BCUT2D eigenvalue weighted by molar-refractivity contribution is 0.0596. The predicted octanol–water partition coefficient (Wildman–Crippen LogP) is 3.19. The second-order valence-corrected chi connectivity index (χ2v) is 4.77. The molecule has 0 spiro atoms. The molecule has 0 aliphatic heterocycles. The Morgan fingerprint density at radius 3 is 2.68 bits per heavy atom. The number of halogens is 1. The summed E-state index contributed by atoms with van der Waals surface area (Å²) < 4.78 is 4.76. The van der Waals surface area contributed by atoms with E-state index in [1.807, 2.05) is 30.3 Å². The van der Waals surface area contributed by atoms with Crippen molar-refractivity contribution in [3.8, 4) is 11.1 Å². The second kappa shape index (κ2) is 4.37. The number of ether oxygens (including phenoxy) is 1. The molecular formula is C15H11ClO3. The van der Waals surface area contributed by atoms with Crippen molar-refractivity contribution in [3.05, 3.63) is 58.1 Å². The lowest BCUT2D eigenvalue weighted by Gasteiger charge is -2.12. The monoisotopic (exact) mass is 274 g/mol. The fourth-order valence-corrected chi connectivity index (χ4v) is 2.80. The van der Waals surface area contributed by atoms with E-state index in [9.17, 15) is 9.90 Å². The topological polar surface area (TPSA) is 46.5 Å². The van der Waals surface area contributed by atoms with E-state index in [-0.39, 0.29) is 10.6 Å². The number of aliphatic hydroxyl groups excluding tert-OH is 1. The Hall–Kier alpha value is -1.84. The summed E-state index contributed by atoms with van der Waals surface area (Å²) in [6.07, 6.45) is -0.848. The molecule has 3 rings (SSSR count). The fraction of sp³-hybridized carbons (Fsp3) is 0.133. The van der Waals surface area contributed by atoms with Crippen molar-refractivity contribution in [2.75, 3.05) is 7.11 Å². The molecule has 0 heterocycles. The summed E-state index contributed by atoms with van der Waals surface area (Å²) in [7, 11) is 1.30. The number of hydrogen-bond donors (Lipinski definition) is 1. The van der Waals surface area contributed by atoms with Crippen molar-refractivity contribution in [2.24, 2.45) is 0 Å². The lowest BCUT2D eigenvalue weighted by Crippen LogP contribution is -2.09. The molecule has 0 radical (unpaired) electrons. The summed E-state index contributed by atoms with van der Waals surface area (Å²) in [6, 6.07) is 11.0. The Labute approximate surface area is 115 Å². The summed E-state index contributed by atoms with van der Waals surface area (Å²) in [5.41, 5.74) is 3.30. The molecule has 1 aliphatic carbocycles. The van der Waals surface area contributed by atoms with Crippen molar-refractivity contribution in [1.82, 2.24) is 0 Å². The molecule has 2 aromatic rings. The number of benzene rings is 2. The normalized spacial score (nSPS) is 15.8. The SMILES string of the molecule is COC(=O)c1c(Cl)ccc2c1C(O)c1ccccc1-2. The first kappa shape index (κ1) is 12.2. The Morgan fingerprint density at radius 1 is 1.21 bits per heavy atom. The quantitative estimate of drug-likeness (QED) is 0.813. The van der Waals surface area contributed by atoms with Gasteiger partial charge in [0.1, 0.15) is 6.10 Å². The standard InChI is InChI=1S/C15H11ClO3/c1-19-15(18)13-11(16)7-6-9-8-4-2-3-5-10(8)14(17)12(9)13/h2-7,14,17H,1H3. The van der Waals surface area contributed by atoms with E-state index >= 15 is 0 Å². The van der Waals surface area contributed by atoms with E-state index in [1.165, 1.54) is 7.11 Å². The van der Waals surface area contributed by atoms with Gasteiger partial charge in [0.2, 0.25) is 0 Å². The Morgan fingerprint density at radius 2 is 1.95 bits per heavy atom. The van der Waals surface area contributed by atoms with Crippen LogP contribution in [0.1, 0.15) is 27.6 Å². The molecule has 1 unspecified atom stereocenters. The zero-order valence-corrected chi connectivity index (χ0v) is 10.9. The van der Waals surface area contributed by atoms with Gasteiger partial charge in [-0.1, -0.05) is 41.9 Å². The third-order valence-electron chi connectivity index (χ3n) is 3.40. The highest BCUT2D eigenvalue weighted by Gasteiger charge is 2.32. The minimum atomic E-state index is -0.848. The minimum absolute atomic E-state index is 0.241. The first-order valence-corrected chi connectivity index (χ1v) is 6.21. The highest BCUT2D eigenvalue weighted by molar-refractivity contribution is 6.34. The van der Waals surface area contributed by atoms with Crippen LogP contribution >= 0.6 is 11.6 Å². The van der Waals surface area contributed by atoms with Gasteiger partial charge in [-0.05, 0) is 22.8 Å². The highest BCUT2D eigenvalue weighted by Crippen LogP contribution is 2.46. The van der Waals surface area contributed by atoms with E-state index < -0.39 is 12.1 Å². The van der Waals surface area contributed by atoms with Gasteiger partial charge in [0.05, 0.1) is 17.7 Å². The van der Waals surface area contributed by atoms with Crippen molar-refractivity contribution < 1.29 is 14.6 Å². The fourth-order valence-electron chi connectivity index (χ4n) is 2.56. The van der Waals surface area contributed by atoms with Gasteiger partial charge in [-0.3, -0.25) is 0 Å². The first-order valence-electron chi connectivity index (χ1n) is 5.83. The molecule has 1 atom stereocenters. The number of methoxy groups -OCH3 is 1. The van der Waals surface area contributed by atoms with Gasteiger partial charge in [-0.25, -0.2) is 4.79 Å². The second-order valence-electron chi connectivity index (χ2n) is 4.36. The molecule has 19 heavy (non-hydrogen) atoms. The Kier molecular flexibility index (Phi) is 2.81. The summed E-state index contributed by atoms with van der Waals surface area (Å²) >= 11 is 6.08. The Balaban J connectivity index is 2.32. The van der Waals surface area contributed by atoms with Gasteiger partial charge in [-0.15, -0.1) is 0 Å². The van der Waals surface area contributed by atoms with Gasteiger partial charge in [-0.2, -0.15) is 0 Å². The van der Waals surface area contributed by atoms with E-state index in [0.717, 1.165) is 16.7 Å². The molecule has 0 aromatic heterocycles. The zero-order chi connectivity index (χ0) is 13.6. The van der Waals surface area contributed by atoms with Crippen molar-refractivity contribution >= 4 is 17.6 Å². The Bertz CT molecular complexity index is 679. The third kappa shape index (κ3) is 1.66. The number of fused-ring (bicyclic) bond motifs is 3. The molecule has 96 valence electrons. The van der Waals surface area contributed by atoms with Gasteiger partial charge in [0.25, 0.3) is 0 Å². The van der Waals surface area contributed by atoms with E-state index in [4.69, 9.17) is 16.3 Å². The van der Waals surface area contributed by atoms with Crippen LogP contribution in [0.15, 0.2) is 36.4 Å². The van der Waals surface area contributed by atoms with Gasteiger partial charge >= 0.3 is 5.97 Å².